The zero-order chi connectivity index (χ0) is 21.1. The molecule has 0 spiro atoms. The average Bonchev–Trinajstić information content (AvgIpc) is 2.73. The van der Waals surface area contributed by atoms with Crippen LogP contribution in [0, 0.1) is 0 Å². The lowest BCUT2D eigenvalue weighted by Gasteiger charge is -2.41. The molecule has 2 aromatic carbocycles. The molecule has 2 aliphatic rings. The molecule has 2 aromatic rings. The molecule has 0 aromatic heterocycles. The molecule has 1 saturated heterocycles. The Hall–Kier alpha value is -3.06. The van der Waals surface area contributed by atoms with Crippen LogP contribution in [0.1, 0.15) is 31.9 Å². The van der Waals surface area contributed by atoms with Crippen LogP contribution in [0.2, 0.25) is 0 Å². The third-order valence-electron chi connectivity index (χ3n) is 5.06. The number of benzene rings is 2. The molecule has 0 aliphatic carbocycles. The van der Waals surface area contributed by atoms with Crippen molar-refractivity contribution in [2.75, 3.05) is 22.9 Å². The van der Waals surface area contributed by atoms with Crippen LogP contribution < -0.4 is 10.6 Å². The first-order valence-corrected chi connectivity index (χ1v) is 10.9. The number of thioether (sulfide) groups is 1. The van der Waals surface area contributed by atoms with Crippen LogP contribution in [0.3, 0.4) is 0 Å². The molecule has 2 aliphatic heterocycles. The lowest BCUT2D eigenvalue weighted by atomic mass is 9.93. The van der Waals surface area contributed by atoms with Crippen LogP contribution in [-0.4, -0.2) is 34.2 Å². The van der Waals surface area contributed by atoms with Gasteiger partial charge in [-0.05, 0) is 43.2 Å². The van der Waals surface area contributed by atoms with Gasteiger partial charge in [0.25, 0.3) is 5.91 Å². The lowest BCUT2D eigenvalue weighted by molar-refractivity contribution is -0.114. The van der Waals surface area contributed by atoms with Gasteiger partial charge in [0.2, 0.25) is 5.91 Å². The minimum atomic E-state index is -0.261. The number of amidine groups is 1. The maximum absolute atomic E-state index is 13.4. The van der Waals surface area contributed by atoms with Crippen LogP contribution in [0.4, 0.5) is 11.4 Å². The Morgan fingerprint density at radius 1 is 1.07 bits per heavy atom. The highest BCUT2D eigenvalue weighted by Crippen LogP contribution is 2.40. The fraction of sp³-hybridized carbons (Fsp3) is 0.261. The molecule has 1 fully saturated rings. The molecule has 0 radical (unpaired) electrons. The second-order valence-electron chi connectivity index (χ2n) is 7.32. The molecule has 2 heterocycles. The van der Waals surface area contributed by atoms with E-state index in [-0.39, 0.29) is 17.9 Å². The number of amides is 2. The zero-order valence-corrected chi connectivity index (χ0v) is 17.8. The smallest absolute Gasteiger partial charge is 0.255 e. The van der Waals surface area contributed by atoms with Crippen LogP contribution in [0.25, 0.3) is 0 Å². The third kappa shape index (κ3) is 4.26. The molecule has 4 rings (SSSR count). The molecule has 30 heavy (non-hydrogen) atoms. The van der Waals surface area contributed by atoms with E-state index in [2.05, 4.69) is 15.5 Å². The Morgan fingerprint density at radius 2 is 1.83 bits per heavy atom. The van der Waals surface area contributed by atoms with E-state index in [9.17, 15) is 9.59 Å². The summed E-state index contributed by atoms with van der Waals surface area (Å²) < 4.78 is 0. The van der Waals surface area contributed by atoms with Crippen molar-refractivity contribution in [2.45, 2.75) is 26.3 Å². The second kappa shape index (κ2) is 8.75. The topological polar surface area (TPSA) is 73.8 Å². The molecule has 154 valence electrons. The van der Waals surface area contributed by atoms with E-state index in [0.717, 1.165) is 40.8 Å². The Kier molecular flexibility index (Phi) is 5.90. The summed E-state index contributed by atoms with van der Waals surface area (Å²) >= 11 is 1.72. The van der Waals surface area contributed by atoms with E-state index in [4.69, 9.17) is 4.99 Å². The first kappa shape index (κ1) is 20.2. The van der Waals surface area contributed by atoms with E-state index in [1.165, 1.54) is 6.92 Å². The number of hydrogen-bond donors (Lipinski definition) is 2. The van der Waals surface area contributed by atoms with Crippen molar-refractivity contribution < 1.29 is 9.59 Å². The summed E-state index contributed by atoms with van der Waals surface area (Å²) in [5.74, 6) is 0.736. The number of anilines is 2. The van der Waals surface area contributed by atoms with Crippen molar-refractivity contribution in [3.8, 4) is 0 Å². The monoisotopic (exact) mass is 420 g/mol. The highest BCUT2D eigenvalue weighted by molar-refractivity contribution is 8.13. The van der Waals surface area contributed by atoms with E-state index in [1.807, 2.05) is 61.5 Å². The molecular weight excluding hydrogens is 396 g/mol. The van der Waals surface area contributed by atoms with Crippen molar-refractivity contribution in [3.63, 3.8) is 0 Å². The van der Waals surface area contributed by atoms with Gasteiger partial charge in [0.1, 0.15) is 0 Å². The number of carbonyl (C=O) groups is 2. The van der Waals surface area contributed by atoms with Gasteiger partial charge < -0.3 is 15.5 Å². The van der Waals surface area contributed by atoms with Gasteiger partial charge in [-0.3, -0.25) is 9.59 Å². The van der Waals surface area contributed by atoms with Gasteiger partial charge in [0.15, 0.2) is 5.17 Å². The highest BCUT2D eigenvalue weighted by Gasteiger charge is 2.37. The van der Waals surface area contributed by atoms with E-state index >= 15 is 0 Å². The van der Waals surface area contributed by atoms with Crippen molar-refractivity contribution in [3.05, 3.63) is 71.4 Å². The molecule has 0 saturated carbocycles. The Bertz CT molecular complexity index is 1030. The maximum atomic E-state index is 13.4. The highest BCUT2D eigenvalue weighted by atomic mass is 32.2. The first-order chi connectivity index (χ1) is 14.5. The summed E-state index contributed by atoms with van der Waals surface area (Å²) in [7, 11) is 0. The van der Waals surface area contributed by atoms with E-state index in [0.29, 0.717) is 11.3 Å². The molecule has 0 bridgehead atoms. The van der Waals surface area contributed by atoms with E-state index < -0.39 is 0 Å². The van der Waals surface area contributed by atoms with Crippen LogP contribution in [-0.2, 0) is 9.59 Å². The zero-order valence-electron chi connectivity index (χ0n) is 17.0. The fourth-order valence-electron chi connectivity index (χ4n) is 3.82. The van der Waals surface area contributed by atoms with Gasteiger partial charge >= 0.3 is 0 Å². The number of nitrogens with zero attached hydrogens (tertiary/aromatic N) is 2. The largest absolute Gasteiger partial charge is 0.340 e. The Labute approximate surface area is 180 Å². The van der Waals surface area contributed by atoms with Crippen LogP contribution in [0.15, 0.2) is 70.9 Å². The van der Waals surface area contributed by atoms with Gasteiger partial charge in [0.05, 0.1) is 17.3 Å². The normalized spacial score (nSPS) is 18.4. The number of fused-ring (bicyclic) bond motifs is 1. The van der Waals surface area contributed by atoms with Crippen LogP contribution in [0.5, 0.6) is 0 Å². The summed E-state index contributed by atoms with van der Waals surface area (Å²) in [5, 5.41) is 6.81. The molecule has 7 heteroatoms. The number of rotatable bonds is 4. The van der Waals surface area contributed by atoms with Crippen LogP contribution >= 0.6 is 11.8 Å². The molecule has 6 nitrogen and oxygen atoms in total. The van der Waals surface area contributed by atoms with Gasteiger partial charge in [0, 0.05) is 30.6 Å². The van der Waals surface area contributed by atoms with Gasteiger partial charge in [-0.15, -0.1) is 0 Å². The van der Waals surface area contributed by atoms with Gasteiger partial charge in [-0.1, -0.05) is 42.1 Å². The molecule has 2 amide bonds. The second-order valence-corrected chi connectivity index (χ2v) is 8.38. The minimum absolute atomic E-state index is 0.125. The Morgan fingerprint density at radius 3 is 2.60 bits per heavy atom. The molecule has 1 atom stereocenters. The maximum Gasteiger partial charge on any atom is 0.255 e. The average molecular weight is 421 g/mol. The van der Waals surface area contributed by atoms with Gasteiger partial charge in [-0.25, -0.2) is 4.99 Å². The van der Waals surface area contributed by atoms with Crippen molar-refractivity contribution >= 4 is 40.1 Å². The number of carbonyl (C=O) groups excluding carboxylic acids is 2. The number of allylic oxidation sites excluding steroid dienone is 1. The summed E-state index contributed by atoms with van der Waals surface area (Å²) in [4.78, 5) is 31.8. The third-order valence-corrected chi connectivity index (χ3v) is 6.13. The van der Waals surface area contributed by atoms with Gasteiger partial charge in [-0.2, -0.15) is 0 Å². The van der Waals surface area contributed by atoms with Crippen molar-refractivity contribution in [1.82, 2.24) is 4.90 Å². The predicted octanol–water partition coefficient (Wildman–Crippen LogP) is 4.41. The van der Waals surface area contributed by atoms with Crippen molar-refractivity contribution in [1.29, 1.82) is 0 Å². The summed E-state index contributed by atoms with van der Waals surface area (Å²) in [6.45, 7) is 4.21. The number of nitrogens with one attached hydrogen (secondary N) is 2. The predicted molar refractivity (Wildman–Crippen MR) is 122 cm³/mol. The van der Waals surface area contributed by atoms with Crippen molar-refractivity contribution in [2.24, 2.45) is 4.99 Å². The minimum Gasteiger partial charge on any atom is -0.340 e. The van der Waals surface area contributed by atoms with E-state index in [1.54, 1.807) is 11.8 Å². The molecule has 1 unspecified atom stereocenters. The summed E-state index contributed by atoms with van der Waals surface area (Å²) in [6.07, 6.45) is 1.03. The number of hydrogen-bond acceptors (Lipinski definition) is 5. The SMILES string of the molecule is CC(=O)Nc1cccc(C2C(C(=O)Nc3ccccc3)=C(C)N=C3SCCCN32)c1. The summed E-state index contributed by atoms with van der Waals surface area (Å²) in [6, 6.07) is 16.9. The standard InChI is InChI=1S/C23H24N4O2S/c1-15-20(22(29)26-18-9-4-3-5-10-18)21(27-12-7-13-30-23(27)24-15)17-8-6-11-19(14-17)25-16(2)28/h3-6,8-11,14,21H,7,12-13H2,1-2H3,(H,25,28)(H,26,29). The fourth-order valence-corrected chi connectivity index (χ4v) is 4.84. The quantitative estimate of drug-likeness (QED) is 0.769. The number of aliphatic imine (C=N–C) groups is 1. The molecular formula is C23H24N4O2S. The number of para-hydroxylation sites is 1. The first-order valence-electron chi connectivity index (χ1n) is 9.96. The molecule has 2 N–H and O–H groups in total. The lowest BCUT2D eigenvalue weighted by Crippen LogP contribution is -2.43. The summed E-state index contributed by atoms with van der Waals surface area (Å²) in [5.41, 5.74) is 3.77. The Balaban J connectivity index is 1.75.